The summed E-state index contributed by atoms with van der Waals surface area (Å²) in [5.74, 6) is 1.19. The first-order valence-electron chi connectivity index (χ1n) is 9.44. The molecule has 1 amide bonds. The van der Waals surface area contributed by atoms with Gasteiger partial charge in [-0.1, -0.05) is 43.8 Å². The second-order valence-corrected chi connectivity index (χ2v) is 10.8. The third-order valence-electron chi connectivity index (χ3n) is 4.86. The number of anilines is 1. The number of nitrogens with zero attached hydrogens (tertiary/aromatic N) is 2. The van der Waals surface area contributed by atoms with Crippen LogP contribution < -0.4 is 9.64 Å². The Kier molecular flexibility index (Phi) is 5.40. The van der Waals surface area contributed by atoms with Gasteiger partial charge in [0.1, 0.15) is 11.5 Å². The maximum absolute atomic E-state index is 12.2. The van der Waals surface area contributed by atoms with Crippen molar-refractivity contribution in [2.45, 2.75) is 25.1 Å². The quantitative estimate of drug-likeness (QED) is 0.736. The van der Waals surface area contributed by atoms with E-state index in [2.05, 4.69) is 4.99 Å². The first-order valence-corrected chi connectivity index (χ1v) is 12.1. The van der Waals surface area contributed by atoms with Gasteiger partial charge >= 0.3 is 0 Å². The normalized spacial score (nSPS) is 24.1. The van der Waals surface area contributed by atoms with Gasteiger partial charge in [-0.25, -0.2) is 8.42 Å². The lowest BCUT2D eigenvalue weighted by Crippen LogP contribution is -2.37. The third kappa shape index (κ3) is 4.33. The maximum atomic E-state index is 12.2. The van der Waals surface area contributed by atoms with Crippen LogP contribution in [0, 0.1) is 5.92 Å². The van der Waals surface area contributed by atoms with E-state index < -0.39 is 9.84 Å². The van der Waals surface area contributed by atoms with Gasteiger partial charge in [0.25, 0.3) is 5.91 Å². The molecule has 2 saturated heterocycles. The molecule has 8 heteroatoms. The lowest BCUT2D eigenvalue weighted by atomic mass is 10.2. The van der Waals surface area contributed by atoms with Crippen molar-refractivity contribution in [1.82, 2.24) is 0 Å². The SMILES string of the molecule is CC(C)C(=O)N=C1S[C@H]2CS(=O)(=O)C[C@H]2N1c1ccc(Oc2ccccc2)cc1. The number of para-hydroxylation sites is 1. The van der Waals surface area contributed by atoms with E-state index in [-0.39, 0.29) is 34.6 Å². The Morgan fingerprint density at radius 1 is 1.07 bits per heavy atom. The van der Waals surface area contributed by atoms with E-state index in [9.17, 15) is 13.2 Å². The van der Waals surface area contributed by atoms with Crippen molar-refractivity contribution in [2.75, 3.05) is 16.4 Å². The summed E-state index contributed by atoms with van der Waals surface area (Å²) >= 11 is 1.38. The van der Waals surface area contributed by atoms with Crippen LogP contribution in [0.4, 0.5) is 5.69 Å². The molecule has 0 aliphatic carbocycles. The molecule has 0 spiro atoms. The predicted molar refractivity (Wildman–Crippen MR) is 117 cm³/mol. The van der Waals surface area contributed by atoms with E-state index in [4.69, 9.17) is 4.74 Å². The standard InChI is InChI=1S/C21H22N2O4S2/c1-14(2)20(24)22-21-23(18-12-29(25,26)13-19(18)28-21)15-8-10-17(11-9-15)27-16-6-4-3-5-7-16/h3-11,14,18-19H,12-13H2,1-2H3/t18-,19+/m1/s1. The minimum atomic E-state index is -3.09. The highest BCUT2D eigenvalue weighted by atomic mass is 32.2. The van der Waals surface area contributed by atoms with Gasteiger partial charge in [-0.15, -0.1) is 0 Å². The van der Waals surface area contributed by atoms with Crippen molar-refractivity contribution in [3.63, 3.8) is 0 Å². The molecular weight excluding hydrogens is 408 g/mol. The first-order chi connectivity index (χ1) is 13.8. The molecule has 2 fully saturated rings. The molecule has 0 aromatic heterocycles. The number of benzene rings is 2. The van der Waals surface area contributed by atoms with Gasteiger partial charge in [-0.05, 0) is 36.4 Å². The summed E-state index contributed by atoms with van der Waals surface area (Å²) in [7, 11) is -3.09. The molecule has 0 saturated carbocycles. The molecule has 0 unspecified atom stereocenters. The molecule has 152 valence electrons. The molecule has 6 nitrogen and oxygen atoms in total. The van der Waals surface area contributed by atoms with E-state index in [0.717, 1.165) is 11.4 Å². The van der Waals surface area contributed by atoms with Gasteiger partial charge in [-0.2, -0.15) is 4.99 Å². The van der Waals surface area contributed by atoms with Crippen molar-refractivity contribution in [3.8, 4) is 11.5 Å². The van der Waals surface area contributed by atoms with E-state index in [1.807, 2.05) is 59.5 Å². The zero-order chi connectivity index (χ0) is 20.6. The van der Waals surface area contributed by atoms with E-state index in [1.54, 1.807) is 13.8 Å². The number of amides is 1. The topological polar surface area (TPSA) is 76.0 Å². The zero-order valence-electron chi connectivity index (χ0n) is 16.2. The van der Waals surface area contributed by atoms with Crippen molar-refractivity contribution in [3.05, 3.63) is 54.6 Å². The number of ether oxygens (including phenoxy) is 1. The number of fused-ring (bicyclic) bond motifs is 1. The molecule has 0 bridgehead atoms. The number of carbonyl (C=O) groups excluding carboxylic acids is 1. The summed E-state index contributed by atoms with van der Waals surface area (Å²) in [6.45, 7) is 3.61. The van der Waals surface area contributed by atoms with E-state index in [0.29, 0.717) is 10.9 Å². The highest BCUT2D eigenvalue weighted by Crippen LogP contribution is 2.41. The highest BCUT2D eigenvalue weighted by molar-refractivity contribution is 8.16. The number of amidine groups is 1. The minimum Gasteiger partial charge on any atom is -0.457 e. The summed E-state index contributed by atoms with van der Waals surface area (Å²) in [5.41, 5.74) is 0.804. The fourth-order valence-electron chi connectivity index (χ4n) is 3.39. The average molecular weight is 431 g/mol. The molecule has 2 atom stereocenters. The van der Waals surface area contributed by atoms with Gasteiger partial charge in [0.15, 0.2) is 15.0 Å². The van der Waals surface area contributed by atoms with Gasteiger partial charge in [-0.3, -0.25) is 4.79 Å². The summed E-state index contributed by atoms with van der Waals surface area (Å²) < 4.78 is 30.1. The lowest BCUT2D eigenvalue weighted by molar-refractivity contribution is -0.120. The van der Waals surface area contributed by atoms with Crippen LogP contribution in [0.5, 0.6) is 11.5 Å². The molecule has 2 aromatic carbocycles. The van der Waals surface area contributed by atoms with Gasteiger partial charge < -0.3 is 9.64 Å². The molecule has 4 rings (SSSR count). The Balaban J connectivity index is 1.63. The zero-order valence-corrected chi connectivity index (χ0v) is 17.8. The van der Waals surface area contributed by atoms with E-state index >= 15 is 0 Å². The van der Waals surface area contributed by atoms with Crippen LogP contribution in [0.15, 0.2) is 59.6 Å². The number of hydrogen-bond acceptors (Lipinski definition) is 5. The molecule has 0 radical (unpaired) electrons. The van der Waals surface area contributed by atoms with Crippen LogP contribution in [0.1, 0.15) is 13.8 Å². The smallest absolute Gasteiger partial charge is 0.250 e. The van der Waals surface area contributed by atoms with Crippen molar-refractivity contribution in [1.29, 1.82) is 0 Å². The second kappa shape index (κ2) is 7.84. The van der Waals surface area contributed by atoms with Crippen molar-refractivity contribution < 1.29 is 17.9 Å². The second-order valence-electron chi connectivity index (χ2n) is 7.47. The largest absolute Gasteiger partial charge is 0.457 e. The number of thioether (sulfide) groups is 1. The number of hydrogen-bond donors (Lipinski definition) is 0. The maximum Gasteiger partial charge on any atom is 0.250 e. The fourth-order valence-corrected chi connectivity index (χ4v) is 7.31. The van der Waals surface area contributed by atoms with Gasteiger partial charge in [0, 0.05) is 16.9 Å². The first kappa shape index (κ1) is 20.0. The minimum absolute atomic E-state index is 0.0713. The Morgan fingerprint density at radius 2 is 1.72 bits per heavy atom. The van der Waals surface area contributed by atoms with Gasteiger partial charge in [0.05, 0.1) is 17.5 Å². The summed E-state index contributed by atoms with van der Waals surface area (Å²) in [4.78, 5) is 18.4. The Labute approximate surface area is 174 Å². The third-order valence-corrected chi connectivity index (χ3v) is 8.07. The lowest BCUT2D eigenvalue weighted by Gasteiger charge is -2.24. The number of sulfone groups is 1. The molecular formula is C21H22N2O4S2. The number of carbonyl (C=O) groups is 1. The molecule has 0 N–H and O–H groups in total. The van der Waals surface area contributed by atoms with Crippen LogP contribution in [0.2, 0.25) is 0 Å². The molecule has 2 aliphatic rings. The predicted octanol–water partition coefficient (Wildman–Crippen LogP) is 3.74. The van der Waals surface area contributed by atoms with Gasteiger partial charge in [0.2, 0.25) is 0 Å². The van der Waals surface area contributed by atoms with Crippen molar-refractivity contribution in [2.24, 2.45) is 10.9 Å². The highest BCUT2D eigenvalue weighted by Gasteiger charge is 2.49. The Hall–Kier alpha value is -2.32. The number of aliphatic imine (C=N–C) groups is 1. The summed E-state index contributed by atoms with van der Waals surface area (Å²) in [6.07, 6.45) is 0. The molecule has 29 heavy (non-hydrogen) atoms. The van der Waals surface area contributed by atoms with Crippen LogP contribution >= 0.6 is 11.8 Å². The van der Waals surface area contributed by atoms with Crippen LogP contribution in [-0.4, -0.2) is 42.3 Å². The Morgan fingerprint density at radius 3 is 2.38 bits per heavy atom. The van der Waals surface area contributed by atoms with E-state index in [1.165, 1.54) is 11.8 Å². The molecule has 2 aliphatic heterocycles. The van der Waals surface area contributed by atoms with Crippen LogP contribution in [0.3, 0.4) is 0 Å². The van der Waals surface area contributed by atoms with Crippen molar-refractivity contribution >= 4 is 38.4 Å². The molecule has 2 aromatic rings. The average Bonchev–Trinajstić information content (AvgIpc) is 3.14. The summed E-state index contributed by atoms with van der Waals surface area (Å²) in [5, 5.41) is 0.462. The molecule has 2 heterocycles. The number of rotatable bonds is 4. The fraction of sp³-hybridized carbons (Fsp3) is 0.333. The van der Waals surface area contributed by atoms with Crippen LogP contribution in [0.25, 0.3) is 0 Å². The summed E-state index contributed by atoms with van der Waals surface area (Å²) in [6, 6.07) is 16.7. The monoisotopic (exact) mass is 430 g/mol. The van der Waals surface area contributed by atoms with Crippen LogP contribution in [-0.2, 0) is 14.6 Å². The Bertz CT molecular complexity index is 1030.